The maximum absolute atomic E-state index is 13.0. The van der Waals surface area contributed by atoms with E-state index in [4.69, 9.17) is 4.52 Å². The summed E-state index contributed by atoms with van der Waals surface area (Å²) in [6.45, 7) is 8.35. The Bertz CT molecular complexity index is 799. The highest BCUT2D eigenvalue weighted by Gasteiger charge is 2.41. The molecule has 0 radical (unpaired) electrons. The molecule has 2 atom stereocenters. The molecule has 2 saturated heterocycles. The van der Waals surface area contributed by atoms with E-state index in [0.29, 0.717) is 12.3 Å². The van der Waals surface area contributed by atoms with Gasteiger partial charge in [0.15, 0.2) is 0 Å². The van der Waals surface area contributed by atoms with Crippen molar-refractivity contribution in [3.8, 4) is 0 Å². The fourth-order valence-corrected chi connectivity index (χ4v) is 4.29. The Morgan fingerprint density at radius 2 is 2.08 bits per heavy atom. The number of piperidine rings is 1. The molecule has 138 valence electrons. The van der Waals surface area contributed by atoms with Gasteiger partial charge in [-0.3, -0.25) is 4.79 Å². The largest absolute Gasteiger partial charge is 0.361 e. The minimum Gasteiger partial charge on any atom is -0.361 e. The van der Waals surface area contributed by atoms with Gasteiger partial charge in [-0.1, -0.05) is 5.16 Å². The first-order valence-electron chi connectivity index (χ1n) is 9.28. The second-order valence-electron chi connectivity index (χ2n) is 7.38. The number of amides is 1. The number of hydrogen-bond donors (Lipinski definition) is 0. The van der Waals surface area contributed by atoms with Crippen LogP contribution in [0.2, 0.25) is 0 Å². The fourth-order valence-electron chi connectivity index (χ4n) is 4.29. The number of aryl methyl sites for hydroxylation is 3. The van der Waals surface area contributed by atoms with E-state index in [2.05, 4.69) is 24.9 Å². The van der Waals surface area contributed by atoms with E-state index in [1.807, 2.05) is 26.8 Å². The van der Waals surface area contributed by atoms with Crippen LogP contribution in [0.15, 0.2) is 16.8 Å². The van der Waals surface area contributed by atoms with Crippen LogP contribution in [0.1, 0.15) is 35.7 Å². The average Bonchev–Trinajstić information content (AvgIpc) is 3.19. The molecular formula is C19H25N5O2. The highest BCUT2D eigenvalue weighted by atomic mass is 16.5. The van der Waals surface area contributed by atoms with Gasteiger partial charge < -0.3 is 14.3 Å². The van der Waals surface area contributed by atoms with Crippen molar-refractivity contribution >= 4 is 11.7 Å². The zero-order valence-corrected chi connectivity index (χ0v) is 15.6. The molecule has 7 nitrogen and oxygen atoms in total. The van der Waals surface area contributed by atoms with Gasteiger partial charge in [-0.15, -0.1) is 0 Å². The zero-order valence-electron chi connectivity index (χ0n) is 15.6. The van der Waals surface area contributed by atoms with Gasteiger partial charge in [0.1, 0.15) is 17.4 Å². The molecule has 0 aliphatic carbocycles. The zero-order chi connectivity index (χ0) is 18.3. The number of hydrogen-bond acceptors (Lipinski definition) is 6. The van der Waals surface area contributed by atoms with Gasteiger partial charge in [0.05, 0.1) is 18.2 Å². The average molecular weight is 355 g/mol. The van der Waals surface area contributed by atoms with Gasteiger partial charge in [0, 0.05) is 31.4 Å². The van der Waals surface area contributed by atoms with Gasteiger partial charge >= 0.3 is 0 Å². The summed E-state index contributed by atoms with van der Waals surface area (Å²) in [5, 5.41) is 3.97. The lowest BCUT2D eigenvalue weighted by Gasteiger charge is -2.39. The van der Waals surface area contributed by atoms with Crippen molar-refractivity contribution in [2.24, 2.45) is 5.92 Å². The molecule has 0 N–H and O–H groups in total. The van der Waals surface area contributed by atoms with E-state index in [1.165, 1.54) is 0 Å². The molecule has 0 saturated carbocycles. The number of carbonyl (C=O) groups is 1. The van der Waals surface area contributed by atoms with Gasteiger partial charge in [-0.05, 0) is 45.6 Å². The quantitative estimate of drug-likeness (QED) is 0.839. The van der Waals surface area contributed by atoms with Crippen LogP contribution in [-0.4, -0.2) is 51.6 Å². The maximum atomic E-state index is 13.0. The molecule has 2 unspecified atom stereocenters. The van der Waals surface area contributed by atoms with Crippen molar-refractivity contribution in [1.82, 2.24) is 20.0 Å². The Labute approximate surface area is 153 Å². The lowest BCUT2D eigenvalue weighted by Crippen LogP contribution is -2.50. The predicted octanol–water partition coefficient (Wildman–Crippen LogP) is 2.06. The summed E-state index contributed by atoms with van der Waals surface area (Å²) in [5.41, 5.74) is 1.74. The molecular weight excluding hydrogens is 330 g/mol. The second-order valence-corrected chi connectivity index (χ2v) is 7.38. The molecule has 2 aromatic rings. The molecule has 2 aliphatic heterocycles. The van der Waals surface area contributed by atoms with E-state index < -0.39 is 0 Å². The summed E-state index contributed by atoms with van der Waals surface area (Å²) >= 11 is 0. The summed E-state index contributed by atoms with van der Waals surface area (Å²) in [4.78, 5) is 26.1. The van der Waals surface area contributed by atoms with E-state index in [9.17, 15) is 4.79 Å². The molecule has 7 heteroatoms. The smallest absolute Gasteiger partial charge is 0.227 e. The summed E-state index contributed by atoms with van der Waals surface area (Å²) in [6, 6.07) is 2.21. The number of fused-ring (bicyclic) bond motifs is 1. The van der Waals surface area contributed by atoms with E-state index in [0.717, 1.165) is 61.1 Å². The first-order chi connectivity index (χ1) is 12.5. The SMILES string of the molecule is Cc1nccc(N2CCC3CCN(C(=O)Cc4c(C)noc4C)C3C2)n1. The molecule has 26 heavy (non-hydrogen) atoms. The molecule has 4 rings (SSSR count). The summed E-state index contributed by atoms with van der Waals surface area (Å²) < 4.78 is 5.21. The maximum Gasteiger partial charge on any atom is 0.227 e. The predicted molar refractivity (Wildman–Crippen MR) is 96.9 cm³/mol. The van der Waals surface area contributed by atoms with E-state index >= 15 is 0 Å². The molecule has 0 bridgehead atoms. The molecule has 0 spiro atoms. The third kappa shape index (κ3) is 3.06. The van der Waals surface area contributed by atoms with Crippen molar-refractivity contribution in [3.05, 3.63) is 35.1 Å². The molecule has 4 heterocycles. The Hall–Kier alpha value is -2.44. The first-order valence-corrected chi connectivity index (χ1v) is 9.28. The number of carbonyl (C=O) groups excluding carboxylic acids is 1. The van der Waals surface area contributed by atoms with Gasteiger partial charge in [0.25, 0.3) is 0 Å². The molecule has 2 aromatic heterocycles. The summed E-state index contributed by atoms with van der Waals surface area (Å²) in [5.74, 6) is 3.24. The van der Waals surface area contributed by atoms with Crippen LogP contribution in [0.4, 0.5) is 5.82 Å². The van der Waals surface area contributed by atoms with E-state index in [-0.39, 0.29) is 11.9 Å². The van der Waals surface area contributed by atoms with Crippen LogP contribution in [0, 0.1) is 26.7 Å². The standard InChI is InChI=1S/C19H25N5O2/c1-12-16(13(2)26-22-12)10-19(25)24-9-6-15-5-8-23(11-17(15)24)18-4-7-20-14(3)21-18/h4,7,15,17H,5-6,8-11H2,1-3H3. The van der Waals surface area contributed by atoms with Crippen LogP contribution in [0.3, 0.4) is 0 Å². The van der Waals surface area contributed by atoms with Crippen molar-refractivity contribution < 1.29 is 9.32 Å². The number of anilines is 1. The van der Waals surface area contributed by atoms with Crippen molar-refractivity contribution in [2.75, 3.05) is 24.5 Å². The number of rotatable bonds is 3. The highest BCUT2D eigenvalue weighted by Crippen LogP contribution is 2.33. The number of likely N-dealkylation sites (tertiary alicyclic amines) is 1. The molecule has 2 fully saturated rings. The van der Waals surface area contributed by atoms with E-state index in [1.54, 1.807) is 6.20 Å². The number of nitrogens with zero attached hydrogens (tertiary/aromatic N) is 5. The molecule has 1 amide bonds. The minimum absolute atomic E-state index is 0.174. The monoisotopic (exact) mass is 355 g/mol. The Morgan fingerprint density at radius 3 is 2.81 bits per heavy atom. The normalized spacial score (nSPS) is 22.6. The van der Waals surface area contributed by atoms with Crippen LogP contribution in [0.5, 0.6) is 0 Å². The lowest BCUT2D eigenvalue weighted by molar-refractivity contribution is -0.131. The van der Waals surface area contributed by atoms with Gasteiger partial charge in [0.2, 0.25) is 5.91 Å². The Balaban J connectivity index is 1.49. The van der Waals surface area contributed by atoms with Crippen molar-refractivity contribution in [2.45, 2.75) is 46.1 Å². The van der Waals surface area contributed by atoms with Crippen LogP contribution >= 0.6 is 0 Å². The van der Waals surface area contributed by atoms with Crippen molar-refractivity contribution in [3.63, 3.8) is 0 Å². The highest BCUT2D eigenvalue weighted by molar-refractivity contribution is 5.80. The van der Waals surface area contributed by atoms with Crippen molar-refractivity contribution in [1.29, 1.82) is 0 Å². The Morgan fingerprint density at radius 1 is 1.27 bits per heavy atom. The second kappa shape index (κ2) is 6.70. The topological polar surface area (TPSA) is 75.4 Å². The first kappa shape index (κ1) is 17.0. The summed E-state index contributed by atoms with van der Waals surface area (Å²) in [6.07, 6.45) is 4.37. The third-order valence-corrected chi connectivity index (χ3v) is 5.78. The lowest BCUT2D eigenvalue weighted by atomic mass is 9.92. The van der Waals surface area contributed by atoms with Crippen LogP contribution in [0.25, 0.3) is 0 Å². The molecule has 2 aliphatic rings. The number of aromatic nitrogens is 3. The van der Waals surface area contributed by atoms with Crippen LogP contribution in [-0.2, 0) is 11.2 Å². The molecule has 0 aromatic carbocycles. The van der Waals surface area contributed by atoms with Gasteiger partial charge in [-0.25, -0.2) is 9.97 Å². The van der Waals surface area contributed by atoms with Gasteiger partial charge in [-0.2, -0.15) is 0 Å². The fraction of sp³-hybridized carbons (Fsp3) is 0.579. The third-order valence-electron chi connectivity index (χ3n) is 5.78. The minimum atomic E-state index is 0.174. The summed E-state index contributed by atoms with van der Waals surface area (Å²) in [7, 11) is 0. The Kier molecular flexibility index (Phi) is 4.38. The van der Waals surface area contributed by atoms with Crippen LogP contribution < -0.4 is 4.90 Å².